The van der Waals surface area contributed by atoms with Gasteiger partial charge in [0.05, 0.1) is 5.56 Å². The quantitative estimate of drug-likeness (QED) is 0.662. The van der Waals surface area contributed by atoms with Gasteiger partial charge in [-0.1, -0.05) is 37.3 Å². The summed E-state index contributed by atoms with van der Waals surface area (Å²) in [5.74, 6) is 0.542. The molecule has 0 radical (unpaired) electrons. The van der Waals surface area contributed by atoms with E-state index in [9.17, 15) is 9.59 Å². The number of rotatable bonds is 5. The summed E-state index contributed by atoms with van der Waals surface area (Å²) in [5, 5.41) is 2.93. The van der Waals surface area contributed by atoms with E-state index in [1.165, 1.54) is 12.5 Å². The molecular weight excluding hydrogens is 398 g/mol. The van der Waals surface area contributed by atoms with Gasteiger partial charge in [0.2, 0.25) is 5.91 Å². The van der Waals surface area contributed by atoms with E-state index in [1.54, 1.807) is 6.08 Å². The van der Waals surface area contributed by atoms with Gasteiger partial charge in [0.1, 0.15) is 0 Å². The van der Waals surface area contributed by atoms with Gasteiger partial charge in [-0.3, -0.25) is 9.59 Å². The van der Waals surface area contributed by atoms with Crippen molar-refractivity contribution in [1.82, 2.24) is 4.90 Å². The maximum Gasteiger partial charge on any atom is 0.256 e. The molecule has 168 valence electrons. The molecule has 0 saturated carbocycles. The van der Waals surface area contributed by atoms with Gasteiger partial charge < -0.3 is 15.1 Å². The Morgan fingerprint density at radius 1 is 0.938 bits per heavy atom. The lowest BCUT2D eigenvalue weighted by Gasteiger charge is -2.34. The van der Waals surface area contributed by atoms with Crippen LogP contribution in [0.25, 0.3) is 6.08 Å². The minimum atomic E-state index is -0.204. The summed E-state index contributed by atoms with van der Waals surface area (Å²) in [4.78, 5) is 30.3. The Balaban J connectivity index is 1.54. The van der Waals surface area contributed by atoms with E-state index in [0.29, 0.717) is 17.2 Å². The third kappa shape index (κ3) is 5.58. The lowest BCUT2D eigenvalue weighted by atomic mass is 9.98. The fourth-order valence-corrected chi connectivity index (χ4v) is 4.50. The molecule has 2 aliphatic heterocycles. The molecule has 2 aliphatic rings. The zero-order chi connectivity index (χ0) is 22.3. The highest BCUT2D eigenvalue weighted by Crippen LogP contribution is 2.29. The average molecular weight is 432 g/mol. The molecule has 1 N–H and O–H groups in total. The summed E-state index contributed by atoms with van der Waals surface area (Å²) in [6.07, 6.45) is 8.96. The third-order valence-electron chi connectivity index (χ3n) is 6.49. The molecule has 0 bridgehead atoms. The molecule has 5 heteroatoms. The SMILES string of the molecule is CC1CCN(C(=O)c2cc(NC(=O)/C=C/c3ccccc3)ccc2N2CCCCC2)CC1. The number of amides is 2. The van der Waals surface area contributed by atoms with Crippen LogP contribution in [-0.4, -0.2) is 42.9 Å². The lowest BCUT2D eigenvalue weighted by molar-refractivity contribution is -0.111. The van der Waals surface area contributed by atoms with Crippen molar-refractivity contribution in [2.75, 3.05) is 36.4 Å². The van der Waals surface area contributed by atoms with Crippen LogP contribution in [0.4, 0.5) is 11.4 Å². The molecule has 2 saturated heterocycles. The predicted octanol–water partition coefficient (Wildman–Crippen LogP) is 5.20. The molecule has 0 aromatic heterocycles. The Bertz CT molecular complexity index is 956. The number of nitrogens with zero attached hydrogens (tertiary/aromatic N) is 2. The number of carbonyl (C=O) groups excluding carboxylic acids is 2. The molecule has 2 heterocycles. The first-order valence-electron chi connectivity index (χ1n) is 11.8. The molecule has 0 aliphatic carbocycles. The Labute approximate surface area is 191 Å². The third-order valence-corrected chi connectivity index (χ3v) is 6.49. The molecule has 5 nitrogen and oxygen atoms in total. The summed E-state index contributed by atoms with van der Waals surface area (Å²) in [6.45, 7) is 5.80. The summed E-state index contributed by atoms with van der Waals surface area (Å²) in [6, 6.07) is 15.5. The van der Waals surface area contributed by atoms with Crippen LogP contribution in [0.2, 0.25) is 0 Å². The number of piperidine rings is 2. The fourth-order valence-electron chi connectivity index (χ4n) is 4.50. The van der Waals surface area contributed by atoms with E-state index in [1.807, 2.05) is 53.4 Å². The summed E-state index contributed by atoms with van der Waals surface area (Å²) in [5.41, 5.74) is 3.32. The molecular formula is C27H33N3O2. The highest BCUT2D eigenvalue weighted by molar-refractivity contribution is 6.05. The van der Waals surface area contributed by atoms with E-state index in [-0.39, 0.29) is 11.8 Å². The van der Waals surface area contributed by atoms with Crippen molar-refractivity contribution in [3.8, 4) is 0 Å². The van der Waals surface area contributed by atoms with Crippen LogP contribution in [0.15, 0.2) is 54.6 Å². The molecule has 32 heavy (non-hydrogen) atoms. The molecule has 2 amide bonds. The number of hydrogen-bond donors (Lipinski definition) is 1. The second-order valence-corrected chi connectivity index (χ2v) is 8.99. The highest BCUT2D eigenvalue weighted by atomic mass is 16.2. The summed E-state index contributed by atoms with van der Waals surface area (Å²) < 4.78 is 0. The Kier molecular flexibility index (Phi) is 7.25. The van der Waals surface area contributed by atoms with Gasteiger partial charge in [0.15, 0.2) is 0 Å². The average Bonchev–Trinajstić information content (AvgIpc) is 2.84. The van der Waals surface area contributed by atoms with Crippen molar-refractivity contribution >= 4 is 29.3 Å². The van der Waals surface area contributed by atoms with Crippen molar-refractivity contribution in [1.29, 1.82) is 0 Å². The van der Waals surface area contributed by atoms with Gasteiger partial charge in [-0.25, -0.2) is 0 Å². The van der Waals surface area contributed by atoms with Crippen molar-refractivity contribution in [3.63, 3.8) is 0 Å². The zero-order valence-corrected chi connectivity index (χ0v) is 18.9. The smallest absolute Gasteiger partial charge is 0.256 e. The predicted molar refractivity (Wildman–Crippen MR) is 131 cm³/mol. The molecule has 4 rings (SSSR count). The number of carbonyl (C=O) groups is 2. The van der Waals surface area contributed by atoms with E-state index in [2.05, 4.69) is 17.1 Å². The van der Waals surface area contributed by atoms with Crippen molar-refractivity contribution in [2.24, 2.45) is 5.92 Å². The topological polar surface area (TPSA) is 52.7 Å². The first-order chi connectivity index (χ1) is 15.6. The first kappa shape index (κ1) is 22.1. The second-order valence-electron chi connectivity index (χ2n) is 8.99. The maximum atomic E-state index is 13.5. The Hall–Kier alpha value is -3.08. The number of benzene rings is 2. The minimum absolute atomic E-state index is 0.0772. The van der Waals surface area contributed by atoms with Crippen LogP contribution in [0.5, 0.6) is 0 Å². The second kappa shape index (κ2) is 10.5. The van der Waals surface area contributed by atoms with Gasteiger partial charge in [-0.2, -0.15) is 0 Å². The van der Waals surface area contributed by atoms with Crippen LogP contribution in [0.3, 0.4) is 0 Å². The van der Waals surface area contributed by atoms with Crippen LogP contribution in [0, 0.1) is 5.92 Å². The minimum Gasteiger partial charge on any atom is -0.371 e. The van der Waals surface area contributed by atoms with Gasteiger partial charge in [-0.15, -0.1) is 0 Å². The van der Waals surface area contributed by atoms with Crippen molar-refractivity contribution in [3.05, 3.63) is 65.7 Å². The summed E-state index contributed by atoms with van der Waals surface area (Å²) >= 11 is 0. The molecule has 2 aromatic rings. The van der Waals surface area contributed by atoms with Crippen LogP contribution in [-0.2, 0) is 4.79 Å². The van der Waals surface area contributed by atoms with E-state index in [4.69, 9.17) is 0 Å². The maximum absolute atomic E-state index is 13.5. The van der Waals surface area contributed by atoms with Gasteiger partial charge in [0, 0.05) is 43.6 Å². The van der Waals surface area contributed by atoms with E-state index >= 15 is 0 Å². The van der Waals surface area contributed by atoms with Gasteiger partial charge in [-0.05, 0) is 67.9 Å². The molecule has 0 atom stereocenters. The monoisotopic (exact) mass is 431 g/mol. The number of likely N-dealkylation sites (tertiary alicyclic amines) is 1. The van der Waals surface area contributed by atoms with Crippen molar-refractivity contribution < 1.29 is 9.59 Å². The Morgan fingerprint density at radius 2 is 1.66 bits per heavy atom. The number of anilines is 2. The lowest BCUT2D eigenvalue weighted by Crippen LogP contribution is -2.39. The Morgan fingerprint density at radius 3 is 2.38 bits per heavy atom. The zero-order valence-electron chi connectivity index (χ0n) is 18.9. The van der Waals surface area contributed by atoms with Crippen molar-refractivity contribution in [2.45, 2.75) is 39.0 Å². The number of nitrogens with one attached hydrogen (secondary N) is 1. The molecule has 0 unspecified atom stereocenters. The largest absolute Gasteiger partial charge is 0.371 e. The van der Waals surface area contributed by atoms with Crippen LogP contribution in [0.1, 0.15) is 54.9 Å². The fraction of sp³-hybridized carbons (Fsp3) is 0.407. The van der Waals surface area contributed by atoms with Gasteiger partial charge >= 0.3 is 0 Å². The molecule has 2 fully saturated rings. The van der Waals surface area contributed by atoms with E-state index < -0.39 is 0 Å². The van der Waals surface area contributed by atoms with Gasteiger partial charge in [0.25, 0.3) is 5.91 Å². The highest BCUT2D eigenvalue weighted by Gasteiger charge is 2.26. The molecule has 0 spiro atoms. The molecule has 2 aromatic carbocycles. The van der Waals surface area contributed by atoms with E-state index in [0.717, 1.165) is 63.1 Å². The normalized spacial score (nSPS) is 17.5. The first-order valence-corrected chi connectivity index (χ1v) is 11.8. The van der Waals surface area contributed by atoms with Crippen LogP contribution >= 0.6 is 0 Å². The summed E-state index contributed by atoms with van der Waals surface area (Å²) in [7, 11) is 0. The van der Waals surface area contributed by atoms with Crippen LogP contribution < -0.4 is 10.2 Å². The number of hydrogen-bond acceptors (Lipinski definition) is 3. The standard InChI is InChI=1S/C27H33N3O2/c1-21-14-18-30(19-15-21)27(32)24-20-23(11-12-25(24)29-16-6-3-7-17-29)28-26(31)13-10-22-8-4-2-5-9-22/h2,4-5,8-13,20-21H,3,6-7,14-19H2,1H3,(H,28,31)/b13-10+.